The Kier molecular flexibility index (Phi) is 3.72. The minimum Gasteiger partial charge on any atom is -0.396 e. The van der Waals surface area contributed by atoms with Gasteiger partial charge >= 0.3 is 0 Å². The second-order valence-electron chi connectivity index (χ2n) is 2.28. The van der Waals surface area contributed by atoms with Crippen LogP contribution in [0.25, 0.3) is 0 Å². The Morgan fingerprint density at radius 1 is 1.42 bits per heavy atom. The molecule has 0 radical (unpaired) electrons. The van der Waals surface area contributed by atoms with Crippen LogP contribution in [0, 0.1) is 0 Å². The van der Waals surface area contributed by atoms with Gasteiger partial charge in [0.05, 0.1) is 0 Å². The van der Waals surface area contributed by atoms with Gasteiger partial charge in [0.15, 0.2) is 0 Å². The largest absolute Gasteiger partial charge is 0.396 e. The summed E-state index contributed by atoms with van der Waals surface area (Å²) in [5.74, 6) is 0. The minimum atomic E-state index is 0.138. The molecule has 0 aliphatic heterocycles. The lowest BCUT2D eigenvalue weighted by Gasteiger charge is -2.00. The topological polar surface area (TPSA) is 46.0 Å². The summed E-state index contributed by atoms with van der Waals surface area (Å²) < 4.78 is 0. The molecule has 0 aromatic carbocycles. The molecule has 1 N–H and O–H groups in total. The number of rotatable bonds is 3. The summed E-state index contributed by atoms with van der Waals surface area (Å²) in [5, 5.41) is 9.07. The summed E-state index contributed by atoms with van der Waals surface area (Å²) >= 11 is 11.2. The third-order valence-corrected chi connectivity index (χ3v) is 1.90. The molecule has 0 aliphatic carbocycles. The first-order chi connectivity index (χ1) is 5.74. The number of aliphatic hydroxyl groups is 1. The number of aromatic nitrogens is 2. The third kappa shape index (κ3) is 2.59. The van der Waals surface area contributed by atoms with Gasteiger partial charge in [0.1, 0.15) is 5.15 Å². The zero-order valence-corrected chi connectivity index (χ0v) is 7.81. The number of aliphatic hydroxyl groups excluding tert-OH is 1. The van der Waals surface area contributed by atoms with E-state index in [-0.39, 0.29) is 11.9 Å². The first kappa shape index (κ1) is 9.71. The van der Waals surface area contributed by atoms with Gasteiger partial charge in [0, 0.05) is 18.4 Å². The van der Waals surface area contributed by atoms with E-state index >= 15 is 0 Å². The fourth-order valence-corrected chi connectivity index (χ4v) is 1.20. The van der Waals surface area contributed by atoms with Crippen molar-refractivity contribution >= 4 is 23.2 Å². The summed E-state index contributed by atoms with van der Waals surface area (Å²) in [7, 11) is 0. The minimum absolute atomic E-state index is 0.138. The van der Waals surface area contributed by atoms with Crippen LogP contribution in [0.15, 0.2) is 6.20 Å². The van der Waals surface area contributed by atoms with Crippen molar-refractivity contribution in [2.45, 2.75) is 12.8 Å². The number of hydrogen-bond donors (Lipinski definition) is 1. The van der Waals surface area contributed by atoms with E-state index in [1.54, 1.807) is 6.20 Å². The quantitative estimate of drug-likeness (QED) is 0.606. The average molecular weight is 207 g/mol. The summed E-state index contributed by atoms with van der Waals surface area (Å²) in [4.78, 5) is 7.55. The summed E-state index contributed by atoms with van der Waals surface area (Å²) in [6.45, 7) is 0.138. The highest BCUT2D eigenvalue weighted by atomic mass is 35.5. The molecule has 1 aromatic heterocycles. The van der Waals surface area contributed by atoms with Gasteiger partial charge < -0.3 is 5.11 Å². The fourth-order valence-electron chi connectivity index (χ4n) is 0.803. The molecule has 0 spiro atoms. The van der Waals surface area contributed by atoms with Gasteiger partial charge in [-0.1, -0.05) is 11.6 Å². The molecule has 0 aliphatic rings. The smallest absolute Gasteiger partial charge is 0.223 e. The molecule has 0 saturated heterocycles. The maximum atomic E-state index is 8.56. The molecule has 0 saturated carbocycles. The molecule has 0 fully saturated rings. The van der Waals surface area contributed by atoms with E-state index in [0.717, 1.165) is 5.56 Å². The SMILES string of the molecule is OCCCc1cnc(Cl)nc1Cl. The van der Waals surface area contributed by atoms with Crippen LogP contribution >= 0.6 is 23.2 Å². The van der Waals surface area contributed by atoms with Crippen LogP contribution in [0.5, 0.6) is 0 Å². The molecule has 0 amide bonds. The van der Waals surface area contributed by atoms with Crippen molar-refractivity contribution in [3.63, 3.8) is 0 Å². The van der Waals surface area contributed by atoms with Crippen LogP contribution in [0.1, 0.15) is 12.0 Å². The Morgan fingerprint density at radius 3 is 2.75 bits per heavy atom. The van der Waals surface area contributed by atoms with E-state index in [0.29, 0.717) is 18.0 Å². The molecular weight excluding hydrogens is 199 g/mol. The lowest BCUT2D eigenvalue weighted by molar-refractivity contribution is 0.288. The van der Waals surface area contributed by atoms with Gasteiger partial charge in [-0.3, -0.25) is 0 Å². The van der Waals surface area contributed by atoms with Gasteiger partial charge in [-0.2, -0.15) is 0 Å². The third-order valence-electron chi connectivity index (χ3n) is 1.39. The van der Waals surface area contributed by atoms with Crippen molar-refractivity contribution in [3.05, 3.63) is 22.2 Å². The summed E-state index contributed by atoms with van der Waals surface area (Å²) in [6, 6.07) is 0. The Bertz CT molecular complexity index is 268. The van der Waals surface area contributed by atoms with Crippen molar-refractivity contribution in [3.8, 4) is 0 Å². The highest BCUT2D eigenvalue weighted by Gasteiger charge is 2.02. The maximum absolute atomic E-state index is 8.56. The first-order valence-corrected chi connectivity index (χ1v) is 4.27. The van der Waals surface area contributed by atoms with Crippen LogP contribution in [-0.4, -0.2) is 21.7 Å². The highest BCUT2D eigenvalue weighted by Crippen LogP contribution is 2.15. The Hall–Kier alpha value is -0.380. The highest BCUT2D eigenvalue weighted by molar-refractivity contribution is 6.32. The lowest BCUT2D eigenvalue weighted by atomic mass is 10.2. The van der Waals surface area contributed by atoms with Crippen molar-refractivity contribution in [2.24, 2.45) is 0 Å². The monoisotopic (exact) mass is 206 g/mol. The maximum Gasteiger partial charge on any atom is 0.223 e. The molecule has 0 atom stereocenters. The van der Waals surface area contributed by atoms with E-state index in [9.17, 15) is 0 Å². The zero-order valence-electron chi connectivity index (χ0n) is 6.30. The fraction of sp³-hybridized carbons (Fsp3) is 0.429. The molecule has 12 heavy (non-hydrogen) atoms. The first-order valence-electron chi connectivity index (χ1n) is 3.52. The second kappa shape index (κ2) is 4.60. The molecule has 3 nitrogen and oxygen atoms in total. The number of aryl methyl sites for hydroxylation is 1. The predicted molar refractivity (Wildman–Crippen MR) is 47.5 cm³/mol. The predicted octanol–water partition coefficient (Wildman–Crippen LogP) is 1.71. The van der Waals surface area contributed by atoms with Crippen LogP contribution in [0.4, 0.5) is 0 Å². The molecule has 1 rings (SSSR count). The normalized spacial score (nSPS) is 10.2. The standard InChI is InChI=1S/C7H8Cl2N2O/c8-6-5(2-1-3-12)4-10-7(9)11-6/h4,12H,1-3H2. The van der Waals surface area contributed by atoms with Crippen molar-refractivity contribution in [1.82, 2.24) is 9.97 Å². The Labute approximate surface area is 80.4 Å². The number of hydrogen-bond acceptors (Lipinski definition) is 3. The van der Waals surface area contributed by atoms with Gasteiger partial charge in [0.25, 0.3) is 0 Å². The molecule has 1 aromatic rings. The van der Waals surface area contributed by atoms with E-state index in [2.05, 4.69) is 9.97 Å². The van der Waals surface area contributed by atoms with Crippen LogP contribution in [-0.2, 0) is 6.42 Å². The van der Waals surface area contributed by atoms with Gasteiger partial charge in [-0.25, -0.2) is 9.97 Å². The zero-order chi connectivity index (χ0) is 8.97. The van der Waals surface area contributed by atoms with Crippen LogP contribution < -0.4 is 0 Å². The van der Waals surface area contributed by atoms with Crippen molar-refractivity contribution in [1.29, 1.82) is 0 Å². The van der Waals surface area contributed by atoms with Gasteiger partial charge in [-0.05, 0) is 24.4 Å². The van der Waals surface area contributed by atoms with Gasteiger partial charge in [-0.15, -0.1) is 0 Å². The molecule has 66 valence electrons. The Balaban J connectivity index is 2.72. The number of nitrogens with zero attached hydrogens (tertiary/aromatic N) is 2. The molecule has 1 heterocycles. The molecule has 0 bridgehead atoms. The van der Waals surface area contributed by atoms with Crippen LogP contribution in [0.2, 0.25) is 10.4 Å². The lowest BCUT2D eigenvalue weighted by Crippen LogP contribution is -1.94. The van der Waals surface area contributed by atoms with Gasteiger partial charge in [0.2, 0.25) is 5.28 Å². The number of halogens is 2. The summed E-state index contributed by atoms with van der Waals surface area (Å²) in [6.07, 6.45) is 2.91. The summed E-state index contributed by atoms with van der Waals surface area (Å²) in [5.41, 5.74) is 0.815. The second-order valence-corrected chi connectivity index (χ2v) is 2.98. The average Bonchev–Trinajstić information content (AvgIpc) is 2.03. The van der Waals surface area contributed by atoms with Crippen molar-refractivity contribution < 1.29 is 5.11 Å². The Morgan fingerprint density at radius 2 is 2.17 bits per heavy atom. The van der Waals surface area contributed by atoms with Crippen molar-refractivity contribution in [2.75, 3.05) is 6.61 Å². The molecule has 0 unspecified atom stereocenters. The van der Waals surface area contributed by atoms with Crippen LogP contribution in [0.3, 0.4) is 0 Å². The van der Waals surface area contributed by atoms with E-state index < -0.39 is 0 Å². The van der Waals surface area contributed by atoms with E-state index in [4.69, 9.17) is 28.3 Å². The molecule has 5 heteroatoms. The van der Waals surface area contributed by atoms with E-state index in [1.165, 1.54) is 0 Å². The molecular formula is C7H8Cl2N2O. The van der Waals surface area contributed by atoms with E-state index in [1.807, 2.05) is 0 Å².